The van der Waals surface area contributed by atoms with Gasteiger partial charge < -0.3 is 14.6 Å². The molecule has 3 nitrogen and oxygen atoms in total. The summed E-state index contributed by atoms with van der Waals surface area (Å²) in [5, 5.41) is 0. The Balaban J connectivity index is 2.04. The number of hydrogen-bond acceptors (Lipinski definition) is 3. The molecule has 1 heterocycles. The third-order valence-electron chi connectivity index (χ3n) is 6.63. The molecule has 0 amide bonds. The number of nitrogens with zero attached hydrogens (tertiary/aromatic N) is 2. The van der Waals surface area contributed by atoms with Crippen LogP contribution in [-0.2, 0) is 4.79 Å². The maximum Gasteiger partial charge on any atom is 0.119 e. The van der Waals surface area contributed by atoms with E-state index in [0.29, 0.717) is 0 Å². The van der Waals surface area contributed by atoms with E-state index in [2.05, 4.69) is 23.8 Å². The molecular weight excluding hydrogens is 356 g/mol. The van der Waals surface area contributed by atoms with Crippen LogP contribution in [0.5, 0.6) is 0 Å². The maximum absolute atomic E-state index is 10.5. The first-order valence-corrected chi connectivity index (χ1v) is 13.1. The molecule has 0 radical (unpaired) electrons. The van der Waals surface area contributed by atoms with E-state index in [0.717, 1.165) is 25.0 Å². The third-order valence-corrected chi connectivity index (χ3v) is 6.63. The summed E-state index contributed by atoms with van der Waals surface area (Å²) < 4.78 is 0. The van der Waals surface area contributed by atoms with Crippen molar-refractivity contribution in [2.75, 3.05) is 39.8 Å². The molecule has 1 fully saturated rings. The van der Waals surface area contributed by atoms with Crippen molar-refractivity contribution in [1.82, 2.24) is 9.80 Å². The molecule has 1 rings (SSSR count). The SMILES string of the molecule is CCCCCCCCCCCCCCN(CCCCCC=O)CC1CCN(C)C1. The molecule has 3 heteroatoms. The van der Waals surface area contributed by atoms with E-state index in [4.69, 9.17) is 0 Å². The second kappa shape index (κ2) is 19.5. The molecule has 0 aromatic rings. The van der Waals surface area contributed by atoms with Gasteiger partial charge in [-0.3, -0.25) is 0 Å². The highest BCUT2D eigenvalue weighted by molar-refractivity contribution is 5.48. The van der Waals surface area contributed by atoms with Gasteiger partial charge in [0.25, 0.3) is 0 Å². The highest BCUT2D eigenvalue weighted by Gasteiger charge is 2.21. The predicted molar refractivity (Wildman–Crippen MR) is 128 cm³/mol. The number of unbranched alkanes of at least 4 members (excludes halogenated alkanes) is 14. The lowest BCUT2D eigenvalue weighted by molar-refractivity contribution is -0.107. The molecule has 1 aliphatic heterocycles. The van der Waals surface area contributed by atoms with Gasteiger partial charge in [-0.15, -0.1) is 0 Å². The number of carbonyl (C=O) groups excluding carboxylic acids is 1. The van der Waals surface area contributed by atoms with Crippen molar-refractivity contribution in [1.29, 1.82) is 0 Å². The number of carbonyl (C=O) groups is 1. The van der Waals surface area contributed by atoms with E-state index < -0.39 is 0 Å². The number of rotatable bonds is 21. The fourth-order valence-electron chi connectivity index (χ4n) is 4.75. The van der Waals surface area contributed by atoms with Crippen molar-refractivity contribution in [3.8, 4) is 0 Å². The summed E-state index contributed by atoms with van der Waals surface area (Å²) in [7, 11) is 2.26. The summed E-state index contributed by atoms with van der Waals surface area (Å²) in [6.07, 6.45) is 23.8. The van der Waals surface area contributed by atoms with Crippen LogP contribution in [0.4, 0.5) is 0 Å². The predicted octanol–water partition coefficient (Wildman–Crippen LogP) is 6.70. The monoisotopic (exact) mass is 408 g/mol. The fraction of sp³-hybridized carbons (Fsp3) is 0.962. The second-order valence-electron chi connectivity index (χ2n) is 9.62. The van der Waals surface area contributed by atoms with E-state index in [-0.39, 0.29) is 0 Å². The van der Waals surface area contributed by atoms with Gasteiger partial charge >= 0.3 is 0 Å². The molecule has 1 atom stereocenters. The van der Waals surface area contributed by atoms with Gasteiger partial charge in [-0.05, 0) is 58.3 Å². The van der Waals surface area contributed by atoms with Crippen LogP contribution in [0.3, 0.4) is 0 Å². The second-order valence-corrected chi connectivity index (χ2v) is 9.62. The Morgan fingerprint density at radius 1 is 0.793 bits per heavy atom. The first-order valence-electron chi connectivity index (χ1n) is 13.1. The van der Waals surface area contributed by atoms with Crippen molar-refractivity contribution < 1.29 is 4.79 Å². The Bertz CT molecular complexity index is 361. The van der Waals surface area contributed by atoms with E-state index in [9.17, 15) is 4.79 Å². The lowest BCUT2D eigenvalue weighted by Gasteiger charge is -2.25. The van der Waals surface area contributed by atoms with Crippen molar-refractivity contribution in [3.63, 3.8) is 0 Å². The Kier molecular flexibility index (Phi) is 17.9. The van der Waals surface area contributed by atoms with Crippen molar-refractivity contribution in [2.24, 2.45) is 5.92 Å². The molecule has 172 valence electrons. The Hall–Kier alpha value is -0.410. The van der Waals surface area contributed by atoms with Crippen LogP contribution < -0.4 is 0 Å². The molecule has 0 aromatic carbocycles. The molecule has 0 spiro atoms. The molecule has 1 saturated heterocycles. The van der Waals surface area contributed by atoms with Crippen LogP contribution in [0.15, 0.2) is 0 Å². The van der Waals surface area contributed by atoms with Crippen molar-refractivity contribution in [3.05, 3.63) is 0 Å². The first kappa shape index (κ1) is 26.6. The van der Waals surface area contributed by atoms with Gasteiger partial charge in [-0.2, -0.15) is 0 Å². The van der Waals surface area contributed by atoms with E-state index in [1.807, 2.05) is 0 Å². The van der Waals surface area contributed by atoms with Crippen molar-refractivity contribution in [2.45, 2.75) is 116 Å². The first-order chi connectivity index (χ1) is 14.3. The van der Waals surface area contributed by atoms with Gasteiger partial charge in [-0.1, -0.05) is 84.0 Å². The molecule has 1 unspecified atom stereocenters. The highest BCUT2D eigenvalue weighted by Crippen LogP contribution is 2.17. The molecule has 0 aliphatic carbocycles. The van der Waals surface area contributed by atoms with Crippen LogP contribution in [0.25, 0.3) is 0 Å². The fourth-order valence-corrected chi connectivity index (χ4v) is 4.75. The number of likely N-dealkylation sites (tertiary alicyclic amines) is 1. The number of hydrogen-bond donors (Lipinski definition) is 0. The zero-order valence-corrected chi connectivity index (χ0v) is 20.0. The topological polar surface area (TPSA) is 23.6 Å². The Morgan fingerprint density at radius 3 is 1.79 bits per heavy atom. The Morgan fingerprint density at radius 2 is 1.31 bits per heavy atom. The van der Waals surface area contributed by atoms with Crippen LogP contribution in [-0.4, -0.2) is 55.9 Å². The zero-order chi connectivity index (χ0) is 21.0. The van der Waals surface area contributed by atoms with Crippen LogP contribution >= 0.6 is 0 Å². The third kappa shape index (κ3) is 16.0. The molecular formula is C26H52N2O. The summed E-state index contributed by atoms with van der Waals surface area (Å²) in [4.78, 5) is 15.7. The molecule has 29 heavy (non-hydrogen) atoms. The average molecular weight is 409 g/mol. The van der Waals surface area contributed by atoms with E-state index in [1.54, 1.807) is 0 Å². The standard InChI is InChI=1S/C26H52N2O/c1-3-4-5-6-7-8-9-10-11-12-13-16-20-28(21-17-14-15-18-23-29)25-26-19-22-27(2)24-26/h23,26H,3-22,24-25H2,1-2H3. The Labute approximate surface area is 183 Å². The summed E-state index contributed by atoms with van der Waals surface area (Å²) in [5.41, 5.74) is 0. The van der Waals surface area contributed by atoms with Gasteiger partial charge in [-0.25, -0.2) is 0 Å². The van der Waals surface area contributed by atoms with Gasteiger partial charge in [0, 0.05) is 19.5 Å². The lowest BCUT2D eigenvalue weighted by Crippen LogP contribution is -2.32. The minimum Gasteiger partial charge on any atom is -0.306 e. The van der Waals surface area contributed by atoms with Gasteiger partial charge in [0.1, 0.15) is 6.29 Å². The largest absolute Gasteiger partial charge is 0.306 e. The summed E-state index contributed by atoms with van der Waals surface area (Å²) >= 11 is 0. The normalized spacial score (nSPS) is 17.4. The van der Waals surface area contributed by atoms with Gasteiger partial charge in [0.15, 0.2) is 0 Å². The molecule has 1 aliphatic rings. The summed E-state index contributed by atoms with van der Waals surface area (Å²) in [6.45, 7) is 8.65. The van der Waals surface area contributed by atoms with Crippen molar-refractivity contribution >= 4 is 6.29 Å². The number of aldehydes is 1. The minimum atomic E-state index is 0.742. The molecule has 0 aromatic heterocycles. The summed E-state index contributed by atoms with van der Waals surface area (Å²) in [5.74, 6) is 0.868. The smallest absolute Gasteiger partial charge is 0.119 e. The van der Waals surface area contributed by atoms with Crippen LogP contribution in [0.2, 0.25) is 0 Å². The average Bonchev–Trinajstić information content (AvgIpc) is 3.13. The summed E-state index contributed by atoms with van der Waals surface area (Å²) in [6, 6.07) is 0. The molecule has 0 saturated carbocycles. The van der Waals surface area contributed by atoms with Crippen LogP contribution in [0, 0.1) is 5.92 Å². The van der Waals surface area contributed by atoms with Crippen LogP contribution in [0.1, 0.15) is 116 Å². The maximum atomic E-state index is 10.5. The molecule has 0 bridgehead atoms. The quantitative estimate of drug-likeness (QED) is 0.156. The highest BCUT2D eigenvalue weighted by atomic mass is 16.1. The minimum absolute atomic E-state index is 0.742. The zero-order valence-electron chi connectivity index (χ0n) is 20.0. The molecule has 0 N–H and O–H groups in total. The van der Waals surface area contributed by atoms with Gasteiger partial charge in [0.2, 0.25) is 0 Å². The van der Waals surface area contributed by atoms with Gasteiger partial charge in [0.05, 0.1) is 0 Å². The lowest BCUT2D eigenvalue weighted by atomic mass is 10.0. The van der Waals surface area contributed by atoms with E-state index >= 15 is 0 Å². The van der Waals surface area contributed by atoms with E-state index in [1.165, 1.54) is 129 Å².